The average Bonchev–Trinajstić information content (AvgIpc) is 2.47. The fraction of sp³-hybridized carbons (Fsp3) is 0.333. The van der Waals surface area contributed by atoms with Crippen LogP contribution in [0, 0.1) is 5.82 Å². The minimum absolute atomic E-state index is 0.0833. The van der Waals surface area contributed by atoms with Gasteiger partial charge in [0.15, 0.2) is 12.6 Å². The first-order valence-corrected chi connectivity index (χ1v) is 6.59. The minimum atomic E-state index is -0.662. The zero-order valence-electron chi connectivity index (χ0n) is 12.3. The summed E-state index contributed by atoms with van der Waals surface area (Å²) in [5.41, 5.74) is -0.0949. The number of benzene rings is 1. The van der Waals surface area contributed by atoms with E-state index in [0.717, 1.165) is 6.07 Å². The summed E-state index contributed by atoms with van der Waals surface area (Å²) in [7, 11) is 3.67. The molecule has 0 spiro atoms. The topological polar surface area (TPSA) is 83.6 Å². The largest absolute Gasteiger partial charge is 0.298 e. The van der Waals surface area contributed by atoms with E-state index in [9.17, 15) is 23.6 Å². The number of likely N-dealkylation sites (N-methyl/N-ethyl adjacent to an activating group) is 1. The van der Waals surface area contributed by atoms with Gasteiger partial charge < -0.3 is 0 Å². The number of imide groups is 1. The van der Waals surface area contributed by atoms with E-state index in [4.69, 9.17) is 0 Å². The standard InChI is InChI=1S/C8H5FO2.C7H12N2O2/c9-8-3-1-2-6(4-10)7(8)5-11;1-9(2)5-3-4-6(10)8-7(5)11/h1-5H;5H,3-4H2,1-2H3,(H,8,10,11). The number of piperidine rings is 1. The van der Waals surface area contributed by atoms with Crippen molar-refractivity contribution in [2.24, 2.45) is 0 Å². The van der Waals surface area contributed by atoms with E-state index in [2.05, 4.69) is 5.32 Å². The van der Waals surface area contributed by atoms with Gasteiger partial charge in [-0.25, -0.2) is 4.39 Å². The maximum atomic E-state index is 12.6. The van der Waals surface area contributed by atoms with Gasteiger partial charge >= 0.3 is 0 Å². The molecule has 1 heterocycles. The summed E-state index contributed by atoms with van der Waals surface area (Å²) >= 11 is 0. The van der Waals surface area contributed by atoms with Gasteiger partial charge in [0.05, 0.1) is 11.6 Å². The van der Waals surface area contributed by atoms with Gasteiger partial charge in [0.25, 0.3) is 0 Å². The molecule has 1 unspecified atom stereocenters. The molecular weight excluding hydrogens is 291 g/mol. The van der Waals surface area contributed by atoms with Gasteiger partial charge in [-0.3, -0.25) is 29.4 Å². The highest BCUT2D eigenvalue weighted by atomic mass is 19.1. The zero-order valence-corrected chi connectivity index (χ0v) is 12.3. The Morgan fingerprint density at radius 2 is 1.91 bits per heavy atom. The summed E-state index contributed by atoms with van der Waals surface area (Å²) in [6, 6.07) is 3.77. The molecule has 0 aromatic heterocycles. The smallest absolute Gasteiger partial charge is 0.243 e. The summed E-state index contributed by atoms with van der Waals surface area (Å²) in [5.74, 6) is -0.996. The fourth-order valence-electron chi connectivity index (χ4n) is 1.96. The summed E-state index contributed by atoms with van der Waals surface area (Å²) in [6.07, 6.45) is 1.87. The van der Waals surface area contributed by atoms with Crippen molar-refractivity contribution in [3.05, 3.63) is 35.1 Å². The van der Waals surface area contributed by atoms with Crippen LogP contribution in [0.4, 0.5) is 4.39 Å². The van der Waals surface area contributed by atoms with Crippen molar-refractivity contribution in [1.29, 1.82) is 0 Å². The molecule has 2 rings (SSSR count). The molecule has 1 aromatic carbocycles. The molecule has 0 radical (unpaired) electrons. The second kappa shape index (κ2) is 8.14. The number of carbonyl (C=O) groups is 4. The van der Waals surface area contributed by atoms with Crippen LogP contribution in [0.2, 0.25) is 0 Å². The summed E-state index contributed by atoms with van der Waals surface area (Å²) < 4.78 is 12.6. The van der Waals surface area contributed by atoms with Gasteiger partial charge in [-0.15, -0.1) is 0 Å². The van der Waals surface area contributed by atoms with E-state index < -0.39 is 5.82 Å². The van der Waals surface area contributed by atoms with Crippen molar-refractivity contribution in [3.63, 3.8) is 0 Å². The first kappa shape index (κ1) is 17.6. The second-order valence-corrected chi connectivity index (χ2v) is 4.91. The Bertz CT molecular complexity index is 587. The molecule has 1 aliphatic heterocycles. The predicted octanol–water partition coefficient (Wildman–Crippen LogP) is 0.804. The molecule has 1 aliphatic rings. The van der Waals surface area contributed by atoms with Crippen LogP contribution in [0.15, 0.2) is 18.2 Å². The maximum absolute atomic E-state index is 12.6. The third-order valence-corrected chi connectivity index (χ3v) is 3.16. The first-order valence-electron chi connectivity index (χ1n) is 6.59. The predicted molar refractivity (Wildman–Crippen MR) is 77.0 cm³/mol. The molecule has 6 nitrogen and oxygen atoms in total. The van der Waals surface area contributed by atoms with Gasteiger partial charge in [0, 0.05) is 12.0 Å². The van der Waals surface area contributed by atoms with Crippen molar-refractivity contribution >= 4 is 24.4 Å². The lowest BCUT2D eigenvalue weighted by atomic mass is 10.1. The monoisotopic (exact) mass is 308 g/mol. The van der Waals surface area contributed by atoms with E-state index in [1.807, 2.05) is 19.0 Å². The van der Waals surface area contributed by atoms with Crippen LogP contribution in [0.3, 0.4) is 0 Å². The number of hydrogen-bond acceptors (Lipinski definition) is 5. The van der Waals surface area contributed by atoms with Crippen molar-refractivity contribution in [3.8, 4) is 0 Å². The van der Waals surface area contributed by atoms with E-state index >= 15 is 0 Å². The Labute approximate surface area is 127 Å². The fourth-order valence-corrected chi connectivity index (χ4v) is 1.96. The Morgan fingerprint density at radius 3 is 2.36 bits per heavy atom. The number of aldehydes is 2. The molecule has 1 N–H and O–H groups in total. The lowest BCUT2D eigenvalue weighted by Gasteiger charge is -2.26. The SMILES string of the molecule is CN(C)C1CCC(=O)NC1=O.O=Cc1cccc(F)c1C=O. The quantitative estimate of drug-likeness (QED) is 0.660. The Morgan fingerprint density at radius 1 is 1.23 bits per heavy atom. The number of hydrogen-bond donors (Lipinski definition) is 1. The van der Waals surface area contributed by atoms with Crippen molar-refractivity contribution in [2.75, 3.05) is 14.1 Å². The summed E-state index contributed by atoms with van der Waals surface area (Å²) in [6.45, 7) is 0. The van der Waals surface area contributed by atoms with Crippen LogP contribution in [0.1, 0.15) is 33.6 Å². The molecule has 7 heteroatoms. The zero-order chi connectivity index (χ0) is 16.7. The molecule has 1 aromatic rings. The average molecular weight is 308 g/mol. The number of nitrogens with zero attached hydrogens (tertiary/aromatic N) is 1. The molecular formula is C15H17FN2O4. The van der Waals surface area contributed by atoms with Crippen molar-refractivity contribution < 1.29 is 23.6 Å². The molecule has 1 fully saturated rings. The molecule has 1 saturated heterocycles. The maximum Gasteiger partial charge on any atom is 0.243 e. The third kappa shape index (κ3) is 4.56. The summed E-state index contributed by atoms with van der Waals surface area (Å²) in [4.78, 5) is 44.0. The highest BCUT2D eigenvalue weighted by Gasteiger charge is 2.27. The van der Waals surface area contributed by atoms with Crippen LogP contribution in [0.5, 0.6) is 0 Å². The molecule has 118 valence electrons. The number of halogens is 1. The van der Waals surface area contributed by atoms with E-state index in [1.165, 1.54) is 12.1 Å². The van der Waals surface area contributed by atoms with Gasteiger partial charge in [0.2, 0.25) is 11.8 Å². The first-order chi connectivity index (χ1) is 10.4. The highest BCUT2D eigenvalue weighted by molar-refractivity contribution is 6.00. The van der Waals surface area contributed by atoms with Gasteiger partial charge in [-0.05, 0) is 26.6 Å². The van der Waals surface area contributed by atoms with E-state index in [0.29, 0.717) is 25.4 Å². The second-order valence-electron chi connectivity index (χ2n) is 4.91. The van der Waals surface area contributed by atoms with Crippen LogP contribution >= 0.6 is 0 Å². The van der Waals surface area contributed by atoms with Gasteiger partial charge in [-0.1, -0.05) is 12.1 Å². The molecule has 0 aliphatic carbocycles. The van der Waals surface area contributed by atoms with E-state index in [-0.39, 0.29) is 29.0 Å². The number of carbonyl (C=O) groups excluding carboxylic acids is 4. The Hall–Kier alpha value is -2.41. The molecule has 0 bridgehead atoms. The van der Waals surface area contributed by atoms with Crippen molar-refractivity contribution in [1.82, 2.24) is 10.2 Å². The van der Waals surface area contributed by atoms with Crippen molar-refractivity contribution in [2.45, 2.75) is 18.9 Å². The summed E-state index contributed by atoms with van der Waals surface area (Å²) in [5, 5.41) is 2.29. The lowest BCUT2D eigenvalue weighted by molar-refractivity contribution is -0.136. The highest BCUT2D eigenvalue weighted by Crippen LogP contribution is 2.09. The third-order valence-electron chi connectivity index (χ3n) is 3.16. The van der Waals surface area contributed by atoms with Gasteiger partial charge in [0.1, 0.15) is 5.82 Å². The Balaban J connectivity index is 0.000000220. The molecule has 2 amide bonds. The van der Waals surface area contributed by atoms with Gasteiger partial charge in [-0.2, -0.15) is 0 Å². The van der Waals surface area contributed by atoms with Crippen LogP contribution in [-0.2, 0) is 9.59 Å². The Kier molecular flexibility index (Phi) is 6.52. The normalized spacial score (nSPS) is 17.4. The number of amides is 2. The molecule has 0 saturated carbocycles. The molecule has 22 heavy (non-hydrogen) atoms. The number of rotatable bonds is 3. The minimum Gasteiger partial charge on any atom is -0.298 e. The number of nitrogens with one attached hydrogen (secondary N) is 1. The van der Waals surface area contributed by atoms with Crippen LogP contribution in [-0.4, -0.2) is 49.4 Å². The molecule has 1 atom stereocenters. The van der Waals surface area contributed by atoms with Crippen LogP contribution in [0.25, 0.3) is 0 Å². The van der Waals surface area contributed by atoms with E-state index in [1.54, 1.807) is 0 Å². The lowest BCUT2D eigenvalue weighted by Crippen LogP contribution is -2.50. The van der Waals surface area contributed by atoms with Crippen LogP contribution < -0.4 is 5.32 Å².